The summed E-state index contributed by atoms with van der Waals surface area (Å²) < 4.78 is 7.12. The Morgan fingerprint density at radius 1 is 1.65 bits per heavy atom. The lowest BCUT2D eigenvalue weighted by Gasteiger charge is -2.16. The van der Waals surface area contributed by atoms with Crippen LogP contribution in [0, 0.1) is 17.0 Å². The van der Waals surface area contributed by atoms with Crippen LogP contribution in [0.4, 0.5) is 11.6 Å². The molecule has 2 atom stereocenters. The lowest BCUT2D eigenvalue weighted by Crippen LogP contribution is -2.28. The topological polar surface area (TPSA) is 82.2 Å². The van der Waals surface area contributed by atoms with Crippen molar-refractivity contribution in [1.82, 2.24) is 9.55 Å². The molecule has 0 amide bonds. The minimum atomic E-state index is -0.462. The molecule has 1 aromatic rings. The molecule has 0 aromatic carbocycles. The third-order valence-electron chi connectivity index (χ3n) is 3.17. The first kappa shape index (κ1) is 11.8. The summed E-state index contributed by atoms with van der Waals surface area (Å²) in [6.07, 6.45) is 0.910. The Morgan fingerprint density at radius 3 is 2.88 bits per heavy atom. The summed E-state index contributed by atoms with van der Waals surface area (Å²) in [7, 11) is 1.76. The fourth-order valence-corrected chi connectivity index (χ4v) is 1.98. The van der Waals surface area contributed by atoms with Gasteiger partial charge in [-0.05, 0) is 23.3 Å². The van der Waals surface area contributed by atoms with E-state index >= 15 is 0 Å². The fourth-order valence-electron chi connectivity index (χ4n) is 1.98. The first-order valence-electron chi connectivity index (χ1n) is 5.56. The summed E-state index contributed by atoms with van der Waals surface area (Å²) in [6, 6.07) is 0.100. The summed E-state index contributed by atoms with van der Waals surface area (Å²) in [5.41, 5.74) is 0. The Bertz CT molecular complexity index is 443. The number of hydrogen-bond donors (Lipinski definition) is 1. The van der Waals surface area contributed by atoms with Crippen LogP contribution in [-0.4, -0.2) is 33.2 Å². The number of ether oxygens (including phenoxy) is 1. The molecule has 7 heteroatoms. The summed E-state index contributed by atoms with van der Waals surface area (Å²) in [4.78, 5) is 14.4. The van der Waals surface area contributed by atoms with Gasteiger partial charge < -0.3 is 20.2 Å². The zero-order chi connectivity index (χ0) is 12.6. The molecule has 1 aliphatic rings. The fraction of sp³-hybridized carbons (Fsp3) is 0.700. The number of nitro groups is 1. The van der Waals surface area contributed by atoms with Gasteiger partial charge in [0.1, 0.15) is 0 Å². The molecule has 1 aliphatic heterocycles. The van der Waals surface area contributed by atoms with Crippen LogP contribution in [0.1, 0.15) is 19.2 Å². The molecule has 17 heavy (non-hydrogen) atoms. The largest absolute Gasteiger partial charge is 0.406 e. The zero-order valence-electron chi connectivity index (χ0n) is 10.1. The Labute approximate surface area is 98.9 Å². The maximum atomic E-state index is 10.9. The molecular weight excluding hydrogens is 224 g/mol. The Hall–Kier alpha value is -1.63. The molecule has 1 saturated heterocycles. The van der Waals surface area contributed by atoms with Crippen molar-refractivity contribution >= 4 is 11.6 Å². The van der Waals surface area contributed by atoms with Crippen molar-refractivity contribution in [1.29, 1.82) is 0 Å². The van der Waals surface area contributed by atoms with Gasteiger partial charge in [-0.25, -0.2) is 0 Å². The van der Waals surface area contributed by atoms with E-state index in [-0.39, 0.29) is 18.0 Å². The van der Waals surface area contributed by atoms with Crippen molar-refractivity contribution in [2.75, 3.05) is 11.9 Å². The smallest absolute Gasteiger partial charge is 0.376 e. The minimum Gasteiger partial charge on any atom is -0.376 e. The van der Waals surface area contributed by atoms with Crippen LogP contribution in [0.25, 0.3) is 0 Å². The number of rotatable bonds is 3. The third-order valence-corrected chi connectivity index (χ3v) is 3.17. The summed E-state index contributed by atoms with van der Waals surface area (Å²) >= 11 is 0. The van der Waals surface area contributed by atoms with Crippen molar-refractivity contribution in [2.24, 2.45) is 7.05 Å². The maximum Gasteiger partial charge on any atom is 0.406 e. The van der Waals surface area contributed by atoms with Crippen LogP contribution >= 0.6 is 0 Å². The van der Waals surface area contributed by atoms with Crippen LogP contribution in [0.2, 0.25) is 0 Å². The number of aryl methyl sites for hydroxylation is 1. The first-order valence-corrected chi connectivity index (χ1v) is 5.56. The highest BCUT2D eigenvalue weighted by Crippen LogP contribution is 2.27. The number of imidazole rings is 1. The van der Waals surface area contributed by atoms with Crippen molar-refractivity contribution < 1.29 is 9.66 Å². The predicted octanol–water partition coefficient (Wildman–Crippen LogP) is 1.23. The summed E-state index contributed by atoms with van der Waals surface area (Å²) in [5.74, 6) is 0.949. The van der Waals surface area contributed by atoms with Gasteiger partial charge in [-0.3, -0.25) is 4.57 Å². The first-order chi connectivity index (χ1) is 8.00. The Kier molecular flexibility index (Phi) is 3.01. The molecule has 0 spiro atoms. The minimum absolute atomic E-state index is 0.0600. The van der Waals surface area contributed by atoms with E-state index in [0.717, 1.165) is 6.42 Å². The second kappa shape index (κ2) is 4.33. The number of anilines is 1. The van der Waals surface area contributed by atoms with Gasteiger partial charge in [0, 0.05) is 20.6 Å². The molecule has 1 N–H and O–H groups in total. The number of nitrogens with zero attached hydrogens (tertiary/aromatic N) is 3. The second-order valence-corrected chi connectivity index (χ2v) is 4.26. The number of hydrogen-bond acceptors (Lipinski definition) is 5. The van der Waals surface area contributed by atoms with Gasteiger partial charge in [-0.15, -0.1) is 0 Å². The van der Waals surface area contributed by atoms with Crippen LogP contribution in [0.5, 0.6) is 0 Å². The van der Waals surface area contributed by atoms with Gasteiger partial charge in [-0.1, -0.05) is 0 Å². The lowest BCUT2D eigenvalue weighted by atomic mass is 10.1. The highest BCUT2D eigenvalue weighted by atomic mass is 16.6. The number of aromatic nitrogens is 2. The van der Waals surface area contributed by atoms with E-state index in [9.17, 15) is 10.1 Å². The highest BCUT2D eigenvalue weighted by Gasteiger charge is 2.30. The van der Waals surface area contributed by atoms with E-state index < -0.39 is 4.92 Å². The molecule has 94 valence electrons. The maximum absolute atomic E-state index is 10.9. The van der Waals surface area contributed by atoms with Crippen LogP contribution in [0.15, 0.2) is 0 Å². The van der Waals surface area contributed by atoms with Gasteiger partial charge in [-0.2, -0.15) is 0 Å². The zero-order valence-corrected chi connectivity index (χ0v) is 10.1. The van der Waals surface area contributed by atoms with Gasteiger partial charge >= 0.3 is 5.82 Å². The van der Waals surface area contributed by atoms with Gasteiger partial charge in [0.25, 0.3) is 0 Å². The van der Waals surface area contributed by atoms with Crippen molar-refractivity contribution in [3.05, 3.63) is 15.9 Å². The van der Waals surface area contributed by atoms with E-state index in [2.05, 4.69) is 10.3 Å². The lowest BCUT2D eigenvalue weighted by molar-refractivity contribution is -0.388. The molecule has 2 heterocycles. The van der Waals surface area contributed by atoms with Crippen molar-refractivity contribution in [3.63, 3.8) is 0 Å². The molecule has 0 bridgehead atoms. The molecule has 1 fully saturated rings. The summed E-state index contributed by atoms with van der Waals surface area (Å²) in [5, 5.41) is 14.1. The Morgan fingerprint density at radius 2 is 2.35 bits per heavy atom. The van der Waals surface area contributed by atoms with E-state index in [4.69, 9.17) is 4.74 Å². The monoisotopic (exact) mass is 240 g/mol. The predicted molar refractivity (Wildman–Crippen MR) is 62.0 cm³/mol. The van der Waals surface area contributed by atoms with Gasteiger partial charge in [0.05, 0.1) is 12.1 Å². The average molecular weight is 240 g/mol. The third kappa shape index (κ3) is 2.10. The number of nitrogens with one attached hydrogen (secondary N) is 1. The molecule has 0 aliphatic carbocycles. The van der Waals surface area contributed by atoms with Gasteiger partial charge in [0.15, 0.2) is 0 Å². The van der Waals surface area contributed by atoms with Crippen molar-refractivity contribution in [3.8, 4) is 0 Å². The summed E-state index contributed by atoms with van der Waals surface area (Å²) in [6.45, 7) is 4.38. The van der Waals surface area contributed by atoms with Crippen LogP contribution in [-0.2, 0) is 11.8 Å². The molecule has 1 aromatic heterocycles. The molecule has 0 radical (unpaired) electrons. The van der Waals surface area contributed by atoms with E-state index in [1.807, 2.05) is 6.92 Å². The average Bonchev–Trinajstić information content (AvgIpc) is 2.78. The second-order valence-electron chi connectivity index (χ2n) is 4.26. The Balaban J connectivity index is 2.27. The van der Waals surface area contributed by atoms with E-state index in [1.165, 1.54) is 0 Å². The van der Waals surface area contributed by atoms with Gasteiger partial charge in [0.2, 0.25) is 11.6 Å². The molecular formula is C10H16N4O3. The van der Waals surface area contributed by atoms with E-state index in [0.29, 0.717) is 18.2 Å². The van der Waals surface area contributed by atoms with E-state index in [1.54, 1.807) is 18.5 Å². The highest BCUT2D eigenvalue weighted by molar-refractivity contribution is 5.54. The SMILES string of the molecule is Cc1nc([N+](=O)[O-])c(NC2CCOC2C)n1C. The van der Waals surface area contributed by atoms with Crippen LogP contribution in [0.3, 0.4) is 0 Å². The van der Waals surface area contributed by atoms with Crippen LogP contribution < -0.4 is 5.32 Å². The molecule has 0 saturated carbocycles. The standard InChI is InChI=1S/C10H16N4O3/c1-6-8(4-5-17-6)12-9-10(14(15)16)11-7(2)13(9)3/h6,8,12H,4-5H2,1-3H3. The molecule has 2 unspecified atom stereocenters. The molecule has 2 rings (SSSR count). The normalized spacial score (nSPS) is 23.9. The van der Waals surface area contributed by atoms with Crippen molar-refractivity contribution in [2.45, 2.75) is 32.4 Å². The quantitative estimate of drug-likeness (QED) is 0.634. The molecule has 7 nitrogen and oxygen atoms in total.